The molecule has 0 aliphatic heterocycles. The van der Waals surface area contributed by atoms with Crippen molar-refractivity contribution in [1.82, 2.24) is 16.0 Å². The van der Waals surface area contributed by atoms with Crippen LogP contribution in [0.4, 0.5) is 0 Å². The van der Waals surface area contributed by atoms with Crippen LogP contribution in [0.5, 0.6) is 0 Å². The van der Waals surface area contributed by atoms with E-state index in [0.29, 0.717) is 5.41 Å². The van der Waals surface area contributed by atoms with Crippen molar-refractivity contribution in [3.63, 3.8) is 0 Å². The molecular formula is C17H35IN4O. The van der Waals surface area contributed by atoms with E-state index in [0.717, 1.165) is 31.4 Å². The van der Waals surface area contributed by atoms with Crippen molar-refractivity contribution in [2.24, 2.45) is 16.3 Å². The van der Waals surface area contributed by atoms with E-state index in [-0.39, 0.29) is 36.4 Å². The predicted octanol–water partition coefficient (Wildman–Crippen LogP) is 2.90. The topological polar surface area (TPSA) is 65.5 Å². The molecule has 1 aliphatic rings. The summed E-state index contributed by atoms with van der Waals surface area (Å²) in [5, 5.41) is 9.39. The molecule has 5 nitrogen and oxygen atoms in total. The summed E-state index contributed by atoms with van der Waals surface area (Å²) >= 11 is 0. The summed E-state index contributed by atoms with van der Waals surface area (Å²) in [6, 6.07) is 0. The molecule has 0 heterocycles. The third-order valence-electron chi connectivity index (χ3n) is 4.35. The van der Waals surface area contributed by atoms with E-state index < -0.39 is 0 Å². The third kappa shape index (κ3) is 8.77. The molecule has 1 aliphatic carbocycles. The molecule has 0 atom stereocenters. The Morgan fingerprint density at radius 3 is 2.35 bits per heavy atom. The summed E-state index contributed by atoms with van der Waals surface area (Å²) in [7, 11) is 1.75. The minimum absolute atomic E-state index is 0. The zero-order valence-corrected chi connectivity index (χ0v) is 17.5. The largest absolute Gasteiger partial charge is 0.356 e. The summed E-state index contributed by atoms with van der Waals surface area (Å²) in [4.78, 5) is 15.9. The SMILES string of the molecule is CCCNC(=O)CNC(=NC)NCC1(CC(C)C)CCCC1.I. The third-order valence-corrected chi connectivity index (χ3v) is 4.35. The molecule has 1 rings (SSSR count). The zero-order valence-electron chi connectivity index (χ0n) is 15.2. The highest BCUT2D eigenvalue weighted by molar-refractivity contribution is 14.0. The van der Waals surface area contributed by atoms with Gasteiger partial charge in [0, 0.05) is 20.1 Å². The monoisotopic (exact) mass is 438 g/mol. The van der Waals surface area contributed by atoms with Gasteiger partial charge in [-0.2, -0.15) is 0 Å². The highest BCUT2D eigenvalue weighted by atomic mass is 127. The maximum Gasteiger partial charge on any atom is 0.239 e. The van der Waals surface area contributed by atoms with Gasteiger partial charge in [-0.1, -0.05) is 33.6 Å². The van der Waals surface area contributed by atoms with Crippen molar-refractivity contribution in [2.45, 2.75) is 59.3 Å². The van der Waals surface area contributed by atoms with Crippen molar-refractivity contribution in [3.05, 3.63) is 0 Å². The first-order chi connectivity index (χ1) is 10.5. The highest BCUT2D eigenvalue weighted by Crippen LogP contribution is 2.42. The molecule has 23 heavy (non-hydrogen) atoms. The number of guanidine groups is 1. The van der Waals surface area contributed by atoms with Crippen LogP contribution in [0.1, 0.15) is 59.3 Å². The average Bonchev–Trinajstić information content (AvgIpc) is 2.93. The smallest absolute Gasteiger partial charge is 0.239 e. The first kappa shape index (κ1) is 22.5. The van der Waals surface area contributed by atoms with Crippen LogP contribution in [-0.2, 0) is 4.79 Å². The van der Waals surface area contributed by atoms with Crippen LogP contribution in [0.15, 0.2) is 4.99 Å². The zero-order chi connectivity index (χ0) is 16.4. The van der Waals surface area contributed by atoms with Crippen LogP contribution in [0.25, 0.3) is 0 Å². The van der Waals surface area contributed by atoms with Gasteiger partial charge in [0.15, 0.2) is 5.96 Å². The lowest BCUT2D eigenvalue weighted by Gasteiger charge is -2.31. The van der Waals surface area contributed by atoms with E-state index >= 15 is 0 Å². The number of rotatable bonds is 8. The average molecular weight is 438 g/mol. The maximum atomic E-state index is 11.6. The minimum atomic E-state index is 0. The van der Waals surface area contributed by atoms with Crippen LogP contribution in [0, 0.1) is 11.3 Å². The molecule has 1 amide bonds. The molecule has 0 unspecified atom stereocenters. The summed E-state index contributed by atoms with van der Waals surface area (Å²) < 4.78 is 0. The molecule has 1 fully saturated rings. The lowest BCUT2D eigenvalue weighted by Crippen LogP contribution is -2.46. The molecule has 136 valence electrons. The first-order valence-corrected chi connectivity index (χ1v) is 8.72. The van der Waals surface area contributed by atoms with Gasteiger partial charge in [-0.15, -0.1) is 24.0 Å². The van der Waals surface area contributed by atoms with E-state index in [9.17, 15) is 4.79 Å². The number of nitrogens with zero attached hydrogens (tertiary/aromatic N) is 1. The molecular weight excluding hydrogens is 403 g/mol. The van der Waals surface area contributed by atoms with Gasteiger partial charge in [0.1, 0.15) is 0 Å². The normalized spacial score (nSPS) is 16.8. The maximum absolute atomic E-state index is 11.6. The number of hydrogen-bond donors (Lipinski definition) is 3. The summed E-state index contributed by atoms with van der Waals surface area (Å²) in [5.41, 5.74) is 0.399. The lowest BCUT2D eigenvalue weighted by molar-refractivity contribution is -0.120. The Labute approximate surface area is 158 Å². The fourth-order valence-electron chi connectivity index (χ4n) is 3.43. The van der Waals surface area contributed by atoms with Gasteiger partial charge in [-0.05, 0) is 37.0 Å². The molecule has 6 heteroatoms. The van der Waals surface area contributed by atoms with Crippen molar-refractivity contribution in [3.8, 4) is 0 Å². The van der Waals surface area contributed by atoms with Gasteiger partial charge in [0.05, 0.1) is 6.54 Å². The molecule has 0 radical (unpaired) electrons. The van der Waals surface area contributed by atoms with Gasteiger partial charge in [-0.3, -0.25) is 9.79 Å². The molecule has 0 bridgehead atoms. The Kier molecular flexibility index (Phi) is 11.6. The van der Waals surface area contributed by atoms with Crippen LogP contribution in [0.2, 0.25) is 0 Å². The second-order valence-corrected chi connectivity index (χ2v) is 6.93. The lowest BCUT2D eigenvalue weighted by atomic mass is 9.78. The quantitative estimate of drug-likeness (QED) is 0.310. The van der Waals surface area contributed by atoms with E-state index in [1.165, 1.54) is 32.1 Å². The van der Waals surface area contributed by atoms with E-state index in [2.05, 4.69) is 34.8 Å². The van der Waals surface area contributed by atoms with Crippen molar-refractivity contribution in [2.75, 3.05) is 26.7 Å². The predicted molar refractivity (Wildman–Crippen MR) is 108 cm³/mol. The second-order valence-electron chi connectivity index (χ2n) is 6.93. The molecule has 0 saturated heterocycles. The molecule has 0 aromatic heterocycles. The summed E-state index contributed by atoms with van der Waals surface area (Å²) in [6.45, 7) is 8.59. The highest BCUT2D eigenvalue weighted by Gasteiger charge is 2.34. The van der Waals surface area contributed by atoms with E-state index in [1.807, 2.05) is 6.92 Å². The fraction of sp³-hybridized carbons (Fsp3) is 0.882. The Bertz CT molecular complexity index is 366. The van der Waals surface area contributed by atoms with E-state index in [4.69, 9.17) is 0 Å². The van der Waals surface area contributed by atoms with Crippen molar-refractivity contribution >= 4 is 35.8 Å². The first-order valence-electron chi connectivity index (χ1n) is 8.72. The summed E-state index contributed by atoms with van der Waals surface area (Å²) in [5.74, 6) is 1.46. The van der Waals surface area contributed by atoms with Gasteiger partial charge < -0.3 is 16.0 Å². The van der Waals surface area contributed by atoms with Crippen LogP contribution >= 0.6 is 24.0 Å². The molecule has 1 saturated carbocycles. The Morgan fingerprint density at radius 1 is 1.17 bits per heavy atom. The number of halogens is 1. The van der Waals surface area contributed by atoms with Gasteiger partial charge in [-0.25, -0.2) is 0 Å². The molecule has 0 aromatic carbocycles. The Morgan fingerprint density at radius 2 is 1.83 bits per heavy atom. The van der Waals surface area contributed by atoms with Gasteiger partial charge >= 0.3 is 0 Å². The number of nitrogens with one attached hydrogen (secondary N) is 3. The number of aliphatic imine (C=N–C) groups is 1. The Balaban J connectivity index is 0.00000484. The number of hydrogen-bond acceptors (Lipinski definition) is 2. The van der Waals surface area contributed by atoms with Crippen molar-refractivity contribution in [1.29, 1.82) is 0 Å². The fourth-order valence-corrected chi connectivity index (χ4v) is 3.43. The van der Waals surface area contributed by atoms with Crippen LogP contribution in [-0.4, -0.2) is 38.5 Å². The number of carbonyl (C=O) groups is 1. The molecule has 0 spiro atoms. The molecule has 0 aromatic rings. The number of carbonyl (C=O) groups excluding carboxylic acids is 1. The van der Waals surface area contributed by atoms with E-state index in [1.54, 1.807) is 7.05 Å². The van der Waals surface area contributed by atoms with Crippen LogP contribution in [0.3, 0.4) is 0 Å². The van der Waals surface area contributed by atoms with Gasteiger partial charge in [0.2, 0.25) is 5.91 Å². The van der Waals surface area contributed by atoms with Crippen LogP contribution < -0.4 is 16.0 Å². The Hall–Kier alpha value is -0.530. The van der Waals surface area contributed by atoms with Gasteiger partial charge in [0.25, 0.3) is 0 Å². The molecule has 3 N–H and O–H groups in total. The van der Waals surface area contributed by atoms with Crippen molar-refractivity contribution < 1.29 is 4.79 Å². The second kappa shape index (κ2) is 11.9. The number of amides is 1. The minimum Gasteiger partial charge on any atom is -0.356 e. The standard InChI is InChI=1S/C17H34N4O.HI/c1-5-10-19-15(22)12-20-16(18-4)21-13-17(11-14(2)3)8-6-7-9-17;/h14H,5-13H2,1-4H3,(H,19,22)(H2,18,20,21);1H. The summed E-state index contributed by atoms with van der Waals surface area (Å²) in [6.07, 6.45) is 7.47.